The van der Waals surface area contributed by atoms with Crippen LogP contribution in [0.15, 0.2) is 24.3 Å². The average Bonchev–Trinajstić information content (AvgIpc) is 2.63. The first-order valence-corrected chi connectivity index (χ1v) is 8.68. The lowest BCUT2D eigenvalue weighted by atomic mass is 10.1. The molecule has 1 aliphatic rings. The molecule has 1 aliphatic heterocycles. The van der Waals surface area contributed by atoms with Gasteiger partial charge in [0, 0.05) is 28.8 Å². The van der Waals surface area contributed by atoms with Crippen molar-refractivity contribution in [2.75, 3.05) is 10.7 Å². The Bertz CT molecular complexity index is 585. The van der Waals surface area contributed by atoms with Gasteiger partial charge in [0.1, 0.15) is 0 Å². The average molecular weight is 302 g/mol. The summed E-state index contributed by atoms with van der Waals surface area (Å²) in [4.78, 5) is 14.0. The normalized spacial score (nSPS) is 18.4. The molecule has 104 valence electrons. The summed E-state index contributed by atoms with van der Waals surface area (Å²) < 4.78 is 21.7. The Balaban J connectivity index is 2.04. The van der Waals surface area contributed by atoms with Crippen LogP contribution in [0, 0.1) is 0 Å². The van der Waals surface area contributed by atoms with Crippen molar-refractivity contribution >= 4 is 31.3 Å². The van der Waals surface area contributed by atoms with E-state index in [1.807, 2.05) is 31.2 Å². The predicted molar refractivity (Wildman–Crippen MR) is 76.0 cm³/mol. The van der Waals surface area contributed by atoms with Crippen LogP contribution < -0.4 is 4.90 Å². The highest BCUT2D eigenvalue weighted by Gasteiger charge is 2.30. The number of halogens is 1. The molecule has 0 spiro atoms. The number of hydrogen-bond donors (Lipinski definition) is 0. The summed E-state index contributed by atoms with van der Waals surface area (Å²) in [6, 6.07) is 7.93. The summed E-state index contributed by atoms with van der Waals surface area (Å²) in [5.74, 6) is -0.206. The summed E-state index contributed by atoms with van der Waals surface area (Å²) in [5.41, 5.74) is 2.10. The van der Waals surface area contributed by atoms with Crippen molar-refractivity contribution in [2.24, 2.45) is 0 Å². The topological polar surface area (TPSA) is 54.5 Å². The van der Waals surface area contributed by atoms with E-state index in [1.54, 1.807) is 4.90 Å². The van der Waals surface area contributed by atoms with E-state index in [4.69, 9.17) is 10.7 Å². The van der Waals surface area contributed by atoms with Crippen LogP contribution in [0.25, 0.3) is 0 Å². The van der Waals surface area contributed by atoms with Crippen molar-refractivity contribution < 1.29 is 13.2 Å². The third-order valence-electron chi connectivity index (χ3n) is 3.25. The second-order valence-corrected chi connectivity index (χ2v) is 7.69. The molecule has 4 nitrogen and oxygen atoms in total. The van der Waals surface area contributed by atoms with E-state index in [0.717, 1.165) is 17.7 Å². The number of carbonyl (C=O) groups excluding carboxylic acids is 1. The van der Waals surface area contributed by atoms with Crippen molar-refractivity contribution in [2.45, 2.75) is 32.2 Å². The van der Waals surface area contributed by atoms with E-state index in [2.05, 4.69) is 0 Å². The van der Waals surface area contributed by atoms with Crippen LogP contribution in [0.5, 0.6) is 0 Å². The minimum atomic E-state index is -3.52. The number of nitrogens with zero attached hydrogens (tertiary/aromatic N) is 1. The van der Waals surface area contributed by atoms with Gasteiger partial charge in [0.25, 0.3) is 0 Å². The fourth-order valence-electron chi connectivity index (χ4n) is 2.46. The number of anilines is 1. The molecule has 19 heavy (non-hydrogen) atoms. The van der Waals surface area contributed by atoms with E-state index >= 15 is 0 Å². The molecule has 0 fully saturated rings. The number of hydrogen-bond acceptors (Lipinski definition) is 3. The Labute approximate surface area is 117 Å². The minimum absolute atomic E-state index is 0.0437. The van der Waals surface area contributed by atoms with Crippen LogP contribution in [-0.4, -0.2) is 26.1 Å². The van der Waals surface area contributed by atoms with Gasteiger partial charge in [0.15, 0.2) is 0 Å². The van der Waals surface area contributed by atoms with Gasteiger partial charge in [0.05, 0.1) is 5.75 Å². The lowest BCUT2D eigenvalue weighted by molar-refractivity contribution is -0.118. The molecule has 0 saturated heterocycles. The largest absolute Gasteiger partial charge is 0.309 e. The van der Waals surface area contributed by atoms with Gasteiger partial charge in [-0.1, -0.05) is 18.2 Å². The highest BCUT2D eigenvalue weighted by atomic mass is 35.7. The summed E-state index contributed by atoms with van der Waals surface area (Å²) >= 11 is 0. The summed E-state index contributed by atoms with van der Waals surface area (Å²) in [6.45, 7) is 2.00. The Kier molecular flexibility index (Phi) is 4.16. The molecule has 0 bridgehead atoms. The summed E-state index contributed by atoms with van der Waals surface area (Å²) in [6.07, 6.45) is 1.30. The third kappa shape index (κ3) is 3.48. The maximum absolute atomic E-state index is 12.2. The lowest BCUT2D eigenvalue weighted by Crippen LogP contribution is -2.35. The van der Waals surface area contributed by atoms with Gasteiger partial charge in [-0.15, -0.1) is 0 Å². The molecule has 1 atom stereocenters. The van der Waals surface area contributed by atoms with E-state index in [-0.39, 0.29) is 30.5 Å². The van der Waals surface area contributed by atoms with Crippen LogP contribution in [0.4, 0.5) is 5.69 Å². The smallest absolute Gasteiger partial charge is 0.232 e. The molecule has 1 heterocycles. The zero-order chi connectivity index (χ0) is 14.0. The highest BCUT2D eigenvalue weighted by molar-refractivity contribution is 8.13. The van der Waals surface area contributed by atoms with Gasteiger partial charge in [-0.3, -0.25) is 4.79 Å². The molecule has 1 unspecified atom stereocenters. The number of amides is 1. The lowest BCUT2D eigenvalue weighted by Gasteiger charge is -2.22. The summed E-state index contributed by atoms with van der Waals surface area (Å²) in [7, 11) is 1.62. The molecule has 0 saturated carbocycles. The second-order valence-electron chi connectivity index (χ2n) is 4.79. The van der Waals surface area contributed by atoms with Gasteiger partial charge in [0.2, 0.25) is 15.0 Å². The molecule has 1 aromatic rings. The number of rotatable bonds is 4. The fourth-order valence-corrected chi connectivity index (χ4v) is 3.28. The zero-order valence-corrected chi connectivity index (χ0v) is 12.2. The van der Waals surface area contributed by atoms with Gasteiger partial charge in [-0.2, -0.15) is 0 Å². The Morgan fingerprint density at radius 1 is 1.42 bits per heavy atom. The molecule has 6 heteroatoms. The van der Waals surface area contributed by atoms with Crippen LogP contribution in [0.3, 0.4) is 0 Å². The van der Waals surface area contributed by atoms with Crippen molar-refractivity contribution in [3.05, 3.63) is 29.8 Å². The summed E-state index contributed by atoms with van der Waals surface area (Å²) in [5, 5.41) is 0. The van der Waals surface area contributed by atoms with Gasteiger partial charge in [-0.05, 0) is 31.4 Å². The van der Waals surface area contributed by atoms with Crippen molar-refractivity contribution in [1.29, 1.82) is 0 Å². The second kappa shape index (κ2) is 5.51. The molecule has 0 aromatic heterocycles. The minimum Gasteiger partial charge on any atom is -0.309 e. The van der Waals surface area contributed by atoms with Crippen molar-refractivity contribution in [1.82, 2.24) is 0 Å². The molecule has 2 rings (SSSR count). The molecule has 0 radical (unpaired) electrons. The monoisotopic (exact) mass is 301 g/mol. The Hall–Kier alpha value is -1.07. The van der Waals surface area contributed by atoms with Crippen LogP contribution in [0.2, 0.25) is 0 Å². The molecule has 0 aliphatic carbocycles. The quantitative estimate of drug-likeness (QED) is 0.802. The standard InChI is InChI=1S/C13H16ClNO3S/c1-10-9-11-5-2-3-6-12(11)15(10)13(16)7-4-8-19(14,17)18/h2-3,5-6,10H,4,7-9H2,1H3. The number of fused-ring (bicyclic) bond motifs is 1. The Morgan fingerprint density at radius 2 is 2.11 bits per heavy atom. The van der Waals surface area contributed by atoms with Crippen LogP contribution in [0.1, 0.15) is 25.3 Å². The molecule has 1 amide bonds. The van der Waals surface area contributed by atoms with E-state index in [1.165, 1.54) is 0 Å². The van der Waals surface area contributed by atoms with E-state index in [9.17, 15) is 13.2 Å². The molecule has 1 aromatic carbocycles. The van der Waals surface area contributed by atoms with Gasteiger partial charge < -0.3 is 4.90 Å². The Morgan fingerprint density at radius 3 is 2.79 bits per heavy atom. The zero-order valence-electron chi connectivity index (χ0n) is 10.7. The first-order chi connectivity index (χ1) is 8.88. The van der Waals surface area contributed by atoms with E-state index < -0.39 is 9.05 Å². The van der Waals surface area contributed by atoms with Crippen LogP contribution in [-0.2, 0) is 20.3 Å². The predicted octanol–water partition coefficient (Wildman–Crippen LogP) is 2.31. The first kappa shape index (κ1) is 14.3. The first-order valence-electron chi connectivity index (χ1n) is 6.21. The third-order valence-corrected chi connectivity index (χ3v) is 4.49. The fraction of sp³-hybridized carbons (Fsp3) is 0.462. The number of benzene rings is 1. The van der Waals surface area contributed by atoms with Gasteiger partial charge in [-0.25, -0.2) is 8.42 Å². The maximum atomic E-state index is 12.2. The maximum Gasteiger partial charge on any atom is 0.232 e. The number of carbonyl (C=O) groups is 1. The molecular formula is C13H16ClNO3S. The van der Waals surface area contributed by atoms with E-state index in [0.29, 0.717) is 0 Å². The SMILES string of the molecule is CC1Cc2ccccc2N1C(=O)CCCS(=O)(=O)Cl. The molecule has 0 N–H and O–H groups in total. The van der Waals surface area contributed by atoms with Gasteiger partial charge >= 0.3 is 0 Å². The van der Waals surface area contributed by atoms with Crippen molar-refractivity contribution in [3.8, 4) is 0 Å². The number of para-hydroxylation sites is 1. The highest BCUT2D eigenvalue weighted by Crippen LogP contribution is 2.32. The molecular weight excluding hydrogens is 286 g/mol. The van der Waals surface area contributed by atoms with Crippen molar-refractivity contribution in [3.63, 3.8) is 0 Å². The van der Waals surface area contributed by atoms with Crippen LogP contribution >= 0.6 is 10.7 Å².